The van der Waals surface area contributed by atoms with Crippen molar-refractivity contribution in [3.05, 3.63) is 69.4 Å². The van der Waals surface area contributed by atoms with Crippen LogP contribution in [0.25, 0.3) is 0 Å². The van der Waals surface area contributed by atoms with E-state index in [1.807, 2.05) is 32.2 Å². The first-order valence-electron chi connectivity index (χ1n) is 6.28. The Labute approximate surface area is 122 Å². The highest BCUT2D eigenvalue weighted by atomic mass is 79.9. The topological polar surface area (TPSA) is 12.0 Å². The Bertz CT molecular complexity index is 551. The summed E-state index contributed by atoms with van der Waals surface area (Å²) >= 11 is 3.42. The van der Waals surface area contributed by atoms with Crippen LogP contribution in [0, 0.1) is 12.7 Å². The van der Waals surface area contributed by atoms with Crippen LogP contribution in [0.15, 0.2) is 46.9 Å². The second-order valence-electron chi connectivity index (χ2n) is 4.70. The monoisotopic (exact) mass is 321 g/mol. The number of benzene rings is 2. The van der Waals surface area contributed by atoms with Crippen molar-refractivity contribution in [2.45, 2.75) is 19.4 Å². The van der Waals surface area contributed by atoms with Crippen LogP contribution in [-0.4, -0.2) is 7.05 Å². The normalized spacial score (nSPS) is 12.4. The fraction of sp³-hybridized carbons (Fsp3) is 0.250. The molecule has 1 atom stereocenters. The summed E-state index contributed by atoms with van der Waals surface area (Å²) in [7, 11) is 1.87. The number of nitrogens with one attached hydrogen (secondary N) is 1. The van der Waals surface area contributed by atoms with Gasteiger partial charge in [-0.15, -0.1) is 0 Å². The molecule has 19 heavy (non-hydrogen) atoms. The van der Waals surface area contributed by atoms with Gasteiger partial charge in [-0.1, -0.05) is 45.8 Å². The fourth-order valence-electron chi connectivity index (χ4n) is 2.15. The quantitative estimate of drug-likeness (QED) is 0.880. The average Bonchev–Trinajstić information content (AvgIpc) is 2.41. The van der Waals surface area contributed by atoms with Gasteiger partial charge in [0.05, 0.1) is 0 Å². The van der Waals surface area contributed by atoms with Gasteiger partial charge in [0.15, 0.2) is 0 Å². The van der Waals surface area contributed by atoms with Crippen LogP contribution >= 0.6 is 15.9 Å². The van der Waals surface area contributed by atoms with Gasteiger partial charge in [-0.3, -0.25) is 0 Å². The Morgan fingerprint density at radius 2 is 1.84 bits per heavy atom. The average molecular weight is 322 g/mol. The summed E-state index contributed by atoms with van der Waals surface area (Å²) in [5.41, 5.74) is 2.99. The van der Waals surface area contributed by atoms with Crippen molar-refractivity contribution in [3.63, 3.8) is 0 Å². The van der Waals surface area contributed by atoms with Crippen LogP contribution < -0.4 is 5.32 Å². The van der Waals surface area contributed by atoms with Gasteiger partial charge < -0.3 is 5.32 Å². The number of hydrogen-bond donors (Lipinski definition) is 1. The molecule has 100 valence electrons. The third-order valence-corrected chi connectivity index (χ3v) is 3.76. The van der Waals surface area contributed by atoms with Crippen molar-refractivity contribution in [3.8, 4) is 0 Å². The van der Waals surface area contributed by atoms with Gasteiger partial charge in [0.2, 0.25) is 0 Å². The van der Waals surface area contributed by atoms with E-state index in [1.54, 1.807) is 6.07 Å². The molecular weight excluding hydrogens is 305 g/mol. The van der Waals surface area contributed by atoms with Crippen molar-refractivity contribution >= 4 is 15.9 Å². The molecule has 1 unspecified atom stereocenters. The van der Waals surface area contributed by atoms with Gasteiger partial charge >= 0.3 is 0 Å². The number of halogens is 2. The summed E-state index contributed by atoms with van der Waals surface area (Å²) in [6, 6.07) is 13.4. The van der Waals surface area contributed by atoms with E-state index in [0.717, 1.165) is 22.0 Å². The van der Waals surface area contributed by atoms with Crippen LogP contribution in [0.3, 0.4) is 0 Å². The van der Waals surface area contributed by atoms with Crippen molar-refractivity contribution in [2.75, 3.05) is 7.05 Å². The van der Waals surface area contributed by atoms with Gasteiger partial charge in [-0.25, -0.2) is 4.39 Å². The third-order valence-electron chi connectivity index (χ3n) is 3.23. The molecule has 2 aromatic rings. The molecule has 0 spiro atoms. The minimum Gasteiger partial charge on any atom is -0.313 e. The lowest BCUT2D eigenvalue weighted by molar-refractivity contribution is 0.533. The highest BCUT2D eigenvalue weighted by molar-refractivity contribution is 9.10. The molecule has 1 N–H and O–H groups in total. The summed E-state index contributed by atoms with van der Waals surface area (Å²) < 4.78 is 15.0. The summed E-state index contributed by atoms with van der Waals surface area (Å²) in [6.45, 7) is 1.98. The molecule has 0 aliphatic heterocycles. The molecule has 2 aromatic carbocycles. The van der Waals surface area contributed by atoms with Crippen molar-refractivity contribution in [2.24, 2.45) is 0 Å². The molecule has 0 heterocycles. The highest BCUT2D eigenvalue weighted by Crippen LogP contribution is 2.23. The second-order valence-corrected chi connectivity index (χ2v) is 5.61. The molecular formula is C16H17BrFN. The molecule has 0 aromatic heterocycles. The number of hydrogen-bond acceptors (Lipinski definition) is 1. The molecule has 0 radical (unpaired) electrons. The Hall–Kier alpha value is -1.19. The van der Waals surface area contributed by atoms with Crippen molar-refractivity contribution < 1.29 is 4.39 Å². The molecule has 0 aliphatic rings. The van der Waals surface area contributed by atoms with Gasteiger partial charge in [0.25, 0.3) is 0 Å². The van der Waals surface area contributed by atoms with Gasteiger partial charge in [0, 0.05) is 16.1 Å². The van der Waals surface area contributed by atoms with Crippen LogP contribution in [0.4, 0.5) is 4.39 Å². The summed E-state index contributed by atoms with van der Waals surface area (Å²) in [6.07, 6.45) is 0.768. The first-order valence-corrected chi connectivity index (χ1v) is 7.07. The zero-order valence-corrected chi connectivity index (χ0v) is 12.7. The van der Waals surface area contributed by atoms with E-state index in [1.165, 1.54) is 11.6 Å². The first-order chi connectivity index (χ1) is 9.10. The van der Waals surface area contributed by atoms with Crippen LogP contribution in [0.5, 0.6) is 0 Å². The molecule has 0 aliphatic carbocycles. The molecule has 2 rings (SSSR count). The van der Waals surface area contributed by atoms with Crippen LogP contribution in [-0.2, 0) is 6.42 Å². The van der Waals surface area contributed by atoms with E-state index >= 15 is 0 Å². The highest BCUT2D eigenvalue weighted by Gasteiger charge is 2.14. The fourth-order valence-corrected chi connectivity index (χ4v) is 2.42. The Morgan fingerprint density at radius 1 is 1.16 bits per heavy atom. The molecule has 1 nitrogen and oxygen atoms in total. The SMILES string of the molecule is CNC(Cc1ccc(Br)cc1)c1cc(C)ccc1F. The van der Waals surface area contributed by atoms with E-state index < -0.39 is 0 Å². The minimum absolute atomic E-state index is 0.0129. The second kappa shape index (κ2) is 6.31. The minimum atomic E-state index is -0.151. The summed E-state index contributed by atoms with van der Waals surface area (Å²) in [5, 5.41) is 3.20. The van der Waals surface area contributed by atoms with E-state index in [2.05, 4.69) is 33.4 Å². The van der Waals surface area contributed by atoms with Crippen molar-refractivity contribution in [1.82, 2.24) is 5.32 Å². The maximum atomic E-state index is 13.9. The summed E-state index contributed by atoms with van der Waals surface area (Å²) in [4.78, 5) is 0. The van der Waals surface area contributed by atoms with Crippen LogP contribution in [0.1, 0.15) is 22.7 Å². The first kappa shape index (κ1) is 14.2. The molecule has 0 saturated heterocycles. The Morgan fingerprint density at radius 3 is 2.47 bits per heavy atom. The van der Waals surface area contributed by atoms with Gasteiger partial charge in [0.1, 0.15) is 5.82 Å². The molecule has 0 amide bonds. The number of rotatable bonds is 4. The Kier molecular flexibility index (Phi) is 4.72. The number of likely N-dealkylation sites (N-methyl/N-ethyl adjacent to an activating group) is 1. The van der Waals surface area contributed by atoms with Gasteiger partial charge in [-0.2, -0.15) is 0 Å². The van der Waals surface area contributed by atoms with E-state index in [4.69, 9.17) is 0 Å². The summed E-state index contributed by atoms with van der Waals surface area (Å²) in [5.74, 6) is -0.151. The van der Waals surface area contributed by atoms with E-state index in [0.29, 0.717) is 0 Å². The maximum Gasteiger partial charge on any atom is 0.128 e. The Balaban J connectivity index is 2.24. The zero-order valence-electron chi connectivity index (χ0n) is 11.1. The predicted octanol–water partition coefficient (Wildman–Crippen LogP) is 4.40. The van der Waals surface area contributed by atoms with E-state index in [9.17, 15) is 4.39 Å². The molecule has 0 saturated carbocycles. The predicted molar refractivity (Wildman–Crippen MR) is 80.8 cm³/mol. The largest absolute Gasteiger partial charge is 0.313 e. The lowest BCUT2D eigenvalue weighted by Gasteiger charge is -2.18. The van der Waals surface area contributed by atoms with Crippen LogP contribution in [0.2, 0.25) is 0 Å². The zero-order chi connectivity index (χ0) is 13.8. The van der Waals surface area contributed by atoms with E-state index in [-0.39, 0.29) is 11.9 Å². The molecule has 0 fully saturated rings. The molecule has 0 bridgehead atoms. The van der Waals surface area contributed by atoms with Gasteiger partial charge in [-0.05, 0) is 44.2 Å². The maximum absolute atomic E-state index is 13.9. The lowest BCUT2D eigenvalue weighted by Crippen LogP contribution is -2.20. The molecule has 3 heteroatoms. The number of aryl methyl sites for hydroxylation is 1. The lowest BCUT2D eigenvalue weighted by atomic mass is 9.97. The smallest absolute Gasteiger partial charge is 0.128 e. The third kappa shape index (κ3) is 3.64. The van der Waals surface area contributed by atoms with Crippen molar-refractivity contribution in [1.29, 1.82) is 0 Å². The standard InChI is InChI=1S/C16H17BrFN/c1-11-3-8-15(18)14(9-11)16(19-2)10-12-4-6-13(17)7-5-12/h3-9,16,19H,10H2,1-2H3.